The lowest BCUT2D eigenvalue weighted by Crippen LogP contribution is -2.22. The van der Waals surface area contributed by atoms with E-state index in [0.29, 0.717) is 0 Å². The number of benzene rings is 6. The summed E-state index contributed by atoms with van der Waals surface area (Å²) in [6, 6.07) is 43.5. The van der Waals surface area contributed by atoms with E-state index >= 15 is 0 Å². The molecule has 0 amide bonds. The Morgan fingerprint density at radius 1 is 0.612 bits per heavy atom. The highest BCUT2D eigenvalue weighted by Gasteiger charge is 2.27. The van der Waals surface area contributed by atoms with E-state index in [1.165, 1.54) is 41.0 Å². The number of fused-ring (bicyclic) bond motifs is 8. The molecule has 10 rings (SSSR count). The average molecular weight is 664 g/mol. The van der Waals surface area contributed by atoms with Gasteiger partial charge in [0.25, 0.3) is 0 Å². The van der Waals surface area contributed by atoms with Crippen molar-refractivity contribution in [2.75, 3.05) is 0 Å². The van der Waals surface area contributed by atoms with E-state index in [2.05, 4.69) is 146 Å². The van der Waals surface area contributed by atoms with Gasteiger partial charge in [0.05, 0.1) is 21.6 Å². The van der Waals surface area contributed by atoms with Gasteiger partial charge in [0.2, 0.25) is 0 Å². The van der Waals surface area contributed by atoms with Crippen molar-refractivity contribution in [2.24, 2.45) is 0 Å². The molecule has 1 aliphatic rings. The third kappa shape index (κ3) is 4.65. The summed E-state index contributed by atoms with van der Waals surface area (Å²) >= 11 is 3.59. The van der Waals surface area contributed by atoms with Crippen LogP contribution >= 0.6 is 22.7 Å². The monoisotopic (exact) mass is 663 g/mol. The molecule has 0 saturated carbocycles. The SMILES string of the molecule is CC1(c2cc(-c3cccc4c3sc3ccccc34)nc(-c3ccc4c(ccc5ccc6sc(-c7ccccc7)nc6c54)c3)n2)C=CC=CC1. The summed E-state index contributed by atoms with van der Waals surface area (Å²) in [4.78, 5) is 15.8. The normalized spacial score (nSPS) is 16.1. The summed E-state index contributed by atoms with van der Waals surface area (Å²) in [5.74, 6) is 0.745. The molecule has 5 heteroatoms. The minimum Gasteiger partial charge on any atom is -0.235 e. The zero-order chi connectivity index (χ0) is 32.5. The molecule has 1 aliphatic carbocycles. The average Bonchev–Trinajstić information content (AvgIpc) is 3.77. The molecule has 0 bridgehead atoms. The second-order valence-corrected chi connectivity index (χ2v) is 15.1. The van der Waals surface area contributed by atoms with Crippen molar-refractivity contribution >= 4 is 74.6 Å². The van der Waals surface area contributed by atoms with Crippen LogP contribution in [0.4, 0.5) is 0 Å². The van der Waals surface area contributed by atoms with Crippen molar-refractivity contribution in [2.45, 2.75) is 18.8 Å². The molecule has 6 aromatic carbocycles. The van der Waals surface area contributed by atoms with Crippen molar-refractivity contribution in [1.82, 2.24) is 15.0 Å². The number of allylic oxidation sites excluding steroid dienone is 4. The van der Waals surface area contributed by atoms with E-state index in [4.69, 9.17) is 15.0 Å². The van der Waals surface area contributed by atoms with Crippen LogP contribution in [0.15, 0.2) is 146 Å². The van der Waals surface area contributed by atoms with Crippen molar-refractivity contribution in [3.8, 4) is 33.2 Å². The predicted molar refractivity (Wildman–Crippen MR) is 210 cm³/mol. The highest BCUT2D eigenvalue weighted by molar-refractivity contribution is 7.26. The van der Waals surface area contributed by atoms with E-state index < -0.39 is 0 Å². The van der Waals surface area contributed by atoms with Gasteiger partial charge in [-0.1, -0.05) is 128 Å². The fourth-order valence-corrected chi connectivity index (χ4v) is 9.46. The van der Waals surface area contributed by atoms with Crippen molar-refractivity contribution in [1.29, 1.82) is 0 Å². The summed E-state index contributed by atoms with van der Waals surface area (Å²) in [5, 5.41) is 8.34. The first kappa shape index (κ1) is 28.5. The summed E-state index contributed by atoms with van der Waals surface area (Å²) in [6.07, 6.45) is 9.67. The van der Waals surface area contributed by atoms with Crippen LogP contribution in [0.25, 0.3) is 85.2 Å². The van der Waals surface area contributed by atoms with Crippen LogP contribution in [0.2, 0.25) is 0 Å². The van der Waals surface area contributed by atoms with Crippen LogP contribution in [0, 0.1) is 0 Å². The van der Waals surface area contributed by atoms with E-state index in [1.807, 2.05) is 17.4 Å². The van der Waals surface area contributed by atoms with Gasteiger partial charge in [-0.15, -0.1) is 22.7 Å². The van der Waals surface area contributed by atoms with Gasteiger partial charge in [-0.05, 0) is 46.8 Å². The molecule has 1 unspecified atom stereocenters. The maximum atomic E-state index is 5.32. The second-order valence-electron chi connectivity index (χ2n) is 13.0. The fourth-order valence-electron chi connectivity index (χ4n) is 7.26. The highest BCUT2D eigenvalue weighted by Crippen LogP contribution is 2.42. The fraction of sp³-hybridized carbons (Fsp3) is 0.0682. The highest BCUT2D eigenvalue weighted by atomic mass is 32.1. The molecule has 9 aromatic rings. The van der Waals surface area contributed by atoms with Gasteiger partial charge in [-0.25, -0.2) is 15.0 Å². The predicted octanol–water partition coefficient (Wildman–Crippen LogP) is 12.5. The van der Waals surface area contributed by atoms with Gasteiger partial charge < -0.3 is 0 Å². The number of hydrogen-bond donors (Lipinski definition) is 0. The molecule has 232 valence electrons. The molecule has 3 nitrogen and oxygen atoms in total. The maximum Gasteiger partial charge on any atom is 0.160 e. The van der Waals surface area contributed by atoms with Crippen LogP contribution in [-0.2, 0) is 5.41 Å². The smallest absolute Gasteiger partial charge is 0.160 e. The molecule has 0 aliphatic heterocycles. The number of thiazole rings is 1. The molecule has 3 aromatic heterocycles. The first-order valence-corrected chi connectivity index (χ1v) is 18.2. The molecule has 1 atom stereocenters. The lowest BCUT2D eigenvalue weighted by Gasteiger charge is -2.27. The summed E-state index contributed by atoms with van der Waals surface area (Å²) in [7, 11) is 0. The lowest BCUT2D eigenvalue weighted by atomic mass is 9.80. The quantitative estimate of drug-likeness (QED) is 0.176. The number of rotatable bonds is 4. The minimum atomic E-state index is -0.227. The van der Waals surface area contributed by atoms with E-state index in [1.54, 1.807) is 11.3 Å². The van der Waals surface area contributed by atoms with Gasteiger partial charge in [0.1, 0.15) is 5.01 Å². The van der Waals surface area contributed by atoms with Crippen LogP contribution in [0.5, 0.6) is 0 Å². The van der Waals surface area contributed by atoms with Crippen molar-refractivity contribution in [3.63, 3.8) is 0 Å². The Labute approximate surface area is 291 Å². The van der Waals surface area contributed by atoms with Crippen LogP contribution < -0.4 is 0 Å². The topological polar surface area (TPSA) is 38.7 Å². The molecule has 0 fully saturated rings. The number of nitrogens with zero attached hydrogens (tertiary/aromatic N) is 3. The van der Waals surface area contributed by atoms with Crippen molar-refractivity contribution in [3.05, 3.63) is 151 Å². The third-order valence-corrected chi connectivity index (χ3v) is 12.2. The molecule has 3 heterocycles. The molecule has 0 saturated heterocycles. The summed E-state index contributed by atoms with van der Waals surface area (Å²) in [5.41, 5.74) is 6.12. The molecular formula is C44H29N3S2. The van der Waals surface area contributed by atoms with E-state index in [0.717, 1.165) is 56.2 Å². The first-order chi connectivity index (χ1) is 24.1. The first-order valence-electron chi connectivity index (χ1n) is 16.6. The zero-order valence-electron chi connectivity index (χ0n) is 26.7. The largest absolute Gasteiger partial charge is 0.235 e. The van der Waals surface area contributed by atoms with Crippen LogP contribution in [0.3, 0.4) is 0 Å². The van der Waals surface area contributed by atoms with Gasteiger partial charge in [-0.3, -0.25) is 0 Å². The summed E-state index contributed by atoms with van der Waals surface area (Å²) in [6.45, 7) is 2.28. The molecular weight excluding hydrogens is 635 g/mol. The van der Waals surface area contributed by atoms with Crippen LogP contribution in [0.1, 0.15) is 19.0 Å². The number of aromatic nitrogens is 3. The Hall–Kier alpha value is -5.49. The van der Waals surface area contributed by atoms with E-state index in [-0.39, 0.29) is 5.41 Å². The summed E-state index contributed by atoms with van der Waals surface area (Å²) < 4.78 is 3.75. The number of hydrogen-bond acceptors (Lipinski definition) is 5. The standard InChI is InChI=1S/C44H29N3S2/c1-44(23-8-3-9-24-44)38-26-35(34-15-10-14-33-32-13-6-7-16-36(32)48-41(33)34)45-42(46-38)30-19-21-31-29(25-30)18-17-27-20-22-37-40(39(27)31)47-43(49-37)28-11-4-2-5-12-28/h2-23,25-26H,24H2,1H3. The van der Waals surface area contributed by atoms with Crippen LogP contribution in [-0.4, -0.2) is 15.0 Å². The van der Waals surface area contributed by atoms with Gasteiger partial charge >= 0.3 is 0 Å². The van der Waals surface area contributed by atoms with Gasteiger partial charge in [0, 0.05) is 47.7 Å². The Morgan fingerprint density at radius 3 is 2.35 bits per heavy atom. The number of thiophene rings is 1. The lowest BCUT2D eigenvalue weighted by molar-refractivity contribution is 0.578. The second kappa shape index (κ2) is 11.0. The Bertz CT molecular complexity index is 2820. The minimum absolute atomic E-state index is 0.227. The van der Waals surface area contributed by atoms with Gasteiger partial charge in [0.15, 0.2) is 5.82 Å². The Balaban J connectivity index is 1.17. The molecule has 49 heavy (non-hydrogen) atoms. The molecule has 0 spiro atoms. The Kier molecular flexibility index (Phi) is 6.42. The van der Waals surface area contributed by atoms with E-state index in [9.17, 15) is 0 Å². The Morgan fingerprint density at radius 2 is 1.45 bits per heavy atom. The third-order valence-electron chi connectivity index (χ3n) is 9.88. The zero-order valence-corrected chi connectivity index (χ0v) is 28.4. The molecule has 0 N–H and O–H groups in total. The van der Waals surface area contributed by atoms with Crippen molar-refractivity contribution < 1.29 is 0 Å². The molecule has 0 radical (unpaired) electrons. The van der Waals surface area contributed by atoms with Gasteiger partial charge in [-0.2, -0.15) is 0 Å². The maximum absolute atomic E-state index is 5.32.